The predicted octanol–water partition coefficient (Wildman–Crippen LogP) is 2.83. The van der Waals surface area contributed by atoms with Gasteiger partial charge in [-0.15, -0.1) is 0 Å². The highest BCUT2D eigenvalue weighted by Gasteiger charge is 2.40. The molecule has 2 aliphatic heterocycles. The molecule has 0 amide bonds. The van der Waals surface area contributed by atoms with Crippen molar-refractivity contribution in [2.45, 2.75) is 51.4 Å². The zero-order valence-electron chi connectivity index (χ0n) is 11.5. The van der Waals surface area contributed by atoms with E-state index in [9.17, 15) is 0 Å². The van der Waals surface area contributed by atoms with Gasteiger partial charge in [-0.05, 0) is 27.3 Å². The molecule has 0 saturated carbocycles. The SMILES string of the molecule is CCC1Oc2c(ccc3c2OC(C)(C)C3)C1NC. The fourth-order valence-corrected chi connectivity index (χ4v) is 3.09. The van der Waals surface area contributed by atoms with Crippen molar-refractivity contribution in [1.82, 2.24) is 5.32 Å². The van der Waals surface area contributed by atoms with Gasteiger partial charge in [-0.3, -0.25) is 0 Å². The number of likely N-dealkylation sites (N-methyl/N-ethyl adjacent to an activating group) is 1. The van der Waals surface area contributed by atoms with E-state index in [1.54, 1.807) is 0 Å². The van der Waals surface area contributed by atoms with Crippen LogP contribution in [0.25, 0.3) is 0 Å². The second-order valence-corrected chi connectivity index (χ2v) is 5.84. The van der Waals surface area contributed by atoms with Gasteiger partial charge in [0.05, 0.1) is 6.04 Å². The second kappa shape index (κ2) is 3.89. The third-order valence-electron chi connectivity index (χ3n) is 3.91. The Labute approximate surface area is 108 Å². The Morgan fingerprint density at radius 2 is 2.11 bits per heavy atom. The summed E-state index contributed by atoms with van der Waals surface area (Å²) in [5.41, 5.74) is 2.39. The summed E-state index contributed by atoms with van der Waals surface area (Å²) in [5.74, 6) is 1.93. The van der Waals surface area contributed by atoms with Crippen molar-refractivity contribution in [3.63, 3.8) is 0 Å². The molecule has 0 aliphatic carbocycles. The van der Waals surface area contributed by atoms with E-state index in [-0.39, 0.29) is 17.7 Å². The Morgan fingerprint density at radius 3 is 2.78 bits per heavy atom. The number of hydrogen-bond donors (Lipinski definition) is 1. The molecule has 18 heavy (non-hydrogen) atoms. The number of hydrogen-bond acceptors (Lipinski definition) is 3. The lowest BCUT2D eigenvalue weighted by Gasteiger charge is -2.18. The highest BCUT2D eigenvalue weighted by Crippen LogP contribution is 2.50. The molecule has 2 heterocycles. The van der Waals surface area contributed by atoms with Crippen LogP contribution < -0.4 is 14.8 Å². The van der Waals surface area contributed by atoms with Crippen LogP contribution in [-0.2, 0) is 6.42 Å². The number of fused-ring (bicyclic) bond motifs is 3. The smallest absolute Gasteiger partial charge is 0.166 e. The Morgan fingerprint density at radius 1 is 1.33 bits per heavy atom. The minimum absolute atomic E-state index is 0.111. The monoisotopic (exact) mass is 247 g/mol. The van der Waals surface area contributed by atoms with E-state index in [4.69, 9.17) is 9.47 Å². The van der Waals surface area contributed by atoms with Gasteiger partial charge in [-0.25, -0.2) is 0 Å². The molecular formula is C15H21NO2. The molecule has 0 bridgehead atoms. The zero-order valence-corrected chi connectivity index (χ0v) is 11.5. The van der Waals surface area contributed by atoms with Crippen molar-refractivity contribution in [3.8, 4) is 11.5 Å². The van der Waals surface area contributed by atoms with Gasteiger partial charge in [0.25, 0.3) is 0 Å². The number of ether oxygens (including phenoxy) is 2. The summed E-state index contributed by atoms with van der Waals surface area (Å²) in [4.78, 5) is 0. The van der Waals surface area contributed by atoms with Crippen LogP contribution in [0.5, 0.6) is 11.5 Å². The largest absolute Gasteiger partial charge is 0.484 e. The van der Waals surface area contributed by atoms with Crippen LogP contribution in [0.4, 0.5) is 0 Å². The molecule has 0 saturated heterocycles. The molecule has 1 N–H and O–H groups in total. The minimum Gasteiger partial charge on any atom is -0.484 e. The van der Waals surface area contributed by atoms with Gasteiger partial charge >= 0.3 is 0 Å². The van der Waals surface area contributed by atoms with E-state index in [0.717, 1.165) is 24.3 Å². The molecule has 1 aromatic rings. The fourth-order valence-electron chi connectivity index (χ4n) is 3.09. The molecule has 3 heteroatoms. The molecule has 2 aliphatic rings. The maximum atomic E-state index is 6.11. The molecule has 0 radical (unpaired) electrons. The van der Waals surface area contributed by atoms with Crippen molar-refractivity contribution in [2.24, 2.45) is 0 Å². The summed E-state index contributed by atoms with van der Waals surface area (Å²) >= 11 is 0. The molecule has 0 aromatic heterocycles. The van der Waals surface area contributed by atoms with Crippen LogP contribution in [0.3, 0.4) is 0 Å². The van der Waals surface area contributed by atoms with E-state index in [2.05, 4.69) is 38.2 Å². The molecule has 98 valence electrons. The molecule has 1 aromatic carbocycles. The van der Waals surface area contributed by atoms with Crippen LogP contribution in [0, 0.1) is 0 Å². The van der Waals surface area contributed by atoms with Gasteiger partial charge in [0.2, 0.25) is 0 Å². The maximum Gasteiger partial charge on any atom is 0.166 e. The lowest BCUT2D eigenvalue weighted by Crippen LogP contribution is -2.27. The van der Waals surface area contributed by atoms with Crippen molar-refractivity contribution in [1.29, 1.82) is 0 Å². The highest BCUT2D eigenvalue weighted by atomic mass is 16.5. The Bertz CT molecular complexity index is 482. The lowest BCUT2D eigenvalue weighted by atomic mass is 9.97. The maximum absolute atomic E-state index is 6.11. The van der Waals surface area contributed by atoms with Gasteiger partial charge < -0.3 is 14.8 Å². The first-order valence-electron chi connectivity index (χ1n) is 6.74. The molecule has 0 spiro atoms. The predicted molar refractivity (Wildman–Crippen MR) is 71.4 cm³/mol. The molecule has 2 unspecified atom stereocenters. The van der Waals surface area contributed by atoms with E-state index >= 15 is 0 Å². The first-order valence-corrected chi connectivity index (χ1v) is 6.74. The third kappa shape index (κ3) is 1.61. The average Bonchev–Trinajstić information content (AvgIpc) is 2.83. The van der Waals surface area contributed by atoms with Crippen LogP contribution in [0.1, 0.15) is 44.4 Å². The van der Waals surface area contributed by atoms with Crippen LogP contribution in [0.2, 0.25) is 0 Å². The molecule has 3 rings (SSSR count). The fraction of sp³-hybridized carbons (Fsp3) is 0.600. The Hall–Kier alpha value is -1.22. The average molecular weight is 247 g/mol. The van der Waals surface area contributed by atoms with Gasteiger partial charge in [0.15, 0.2) is 11.5 Å². The highest BCUT2D eigenvalue weighted by molar-refractivity contribution is 5.58. The molecule has 3 nitrogen and oxygen atoms in total. The van der Waals surface area contributed by atoms with E-state index in [0.29, 0.717) is 0 Å². The normalized spacial score (nSPS) is 27.3. The summed E-state index contributed by atoms with van der Waals surface area (Å²) in [6.07, 6.45) is 2.17. The molecule has 2 atom stereocenters. The standard InChI is InChI=1S/C15H21NO2/c1-5-11-12(16-4)10-7-6-9-8-15(2,3)18-13(9)14(10)17-11/h6-7,11-12,16H,5,8H2,1-4H3. The second-order valence-electron chi connectivity index (χ2n) is 5.84. The number of rotatable bonds is 2. The summed E-state index contributed by atoms with van der Waals surface area (Å²) in [6.45, 7) is 6.41. The lowest BCUT2D eigenvalue weighted by molar-refractivity contribution is 0.126. The van der Waals surface area contributed by atoms with Crippen molar-refractivity contribution in [3.05, 3.63) is 23.3 Å². The molecule has 0 fully saturated rings. The van der Waals surface area contributed by atoms with Crippen molar-refractivity contribution in [2.75, 3.05) is 7.05 Å². The third-order valence-corrected chi connectivity index (χ3v) is 3.91. The Kier molecular flexibility index (Phi) is 2.56. The topological polar surface area (TPSA) is 30.5 Å². The van der Waals surface area contributed by atoms with Crippen LogP contribution in [-0.4, -0.2) is 18.8 Å². The number of benzene rings is 1. The first-order chi connectivity index (χ1) is 8.55. The van der Waals surface area contributed by atoms with Crippen molar-refractivity contribution < 1.29 is 9.47 Å². The van der Waals surface area contributed by atoms with Crippen LogP contribution >= 0.6 is 0 Å². The van der Waals surface area contributed by atoms with E-state index in [1.807, 2.05) is 7.05 Å². The summed E-state index contributed by atoms with van der Waals surface area (Å²) in [7, 11) is 1.99. The van der Waals surface area contributed by atoms with Gasteiger partial charge in [0, 0.05) is 17.5 Å². The number of nitrogens with one attached hydrogen (secondary N) is 1. The van der Waals surface area contributed by atoms with Gasteiger partial charge in [-0.1, -0.05) is 19.1 Å². The van der Waals surface area contributed by atoms with E-state index in [1.165, 1.54) is 11.1 Å². The summed E-state index contributed by atoms with van der Waals surface area (Å²) in [6, 6.07) is 4.66. The molecular weight excluding hydrogens is 226 g/mol. The quantitative estimate of drug-likeness (QED) is 0.871. The van der Waals surface area contributed by atoms with Crippen molar-refractivity contribution >= 4 is 0 Å². The van der Waals surface area contributed by atoms with Gasteiger partial charge in [0.1, 0.15) is 11.7 Å². The first kappa shape index (κ1) is 11.8. The minimum atomic E-state index is -0.111. The zero-order chi connectivity index (χ0) is 12.9. The van der Waals surface area contributed by atoms with Crippen LogP contribution in [0.15, 0.2) is 12.1 Å². The summed E-state index contributed by atoms with van der Waals surface area (Å²) in [5, 5.41) is 3.35. The van der Waals surface area contributed by atoms with Gasteiger partial charge in [-0.2, -0.15) is 0 Å². The van der Waals surface area contributed by atoms with E-state index < -0.39 is 0 Å². The summed E-state index contributed by atoms with van der Waals surface area (Å²) < 4.78 is 12.2. The Balaban J connectivity index is 2.05.